The molecule has 17 heavy (non-hydrogen) atoms. The summed E-state index contributed by atoms with van der Waals surface area (Å²) in [5.41, 5.74) is 2.71. The quantitative estimate of drug-likeness (QED) is 0.590. The molecule has 0 spiro atoms. The van der Waals surface area contributed by atoms with Gasteiger partial charge in [-0.1, -0.05) is 41.4 Å². The number of hydrogen-bond acceptors (Lipinski definition) is 2. The smallest absolute Gasteiger partial charge is 0.134 e. The Labute approximate surface area is 108 Å². The van der Waals surface area contributed by atoms with Crippen LogP contribution < -0.4 is 0 Å². The first kappa shape index (κ1) is 10.6. The maximum absolute atomic E-state index is 5.89. The van der Waals surface area contributed by atoms with Gasteiger partial charge < -0.3 is 4.42 Å². The number of fused-ring (bicyclic) bond motifs is 1. The minimum Gasteiger partial charge on any atom is -0.464 e. The molecule has 3 aromatic rings. The van der Waals surface area contributed by atoms with Gasteiger partial charge in [0.05, 0.1) is 6.26 Å². The van der Waals surface area contributed by atoms with Gasteiger partial charge in [-0.3, -0.25) is 0 Å². The number of nitrogens with zero attached hydrogens (tertiary/aromatic N) is 1. The van der Waals surface area contributed by atoms with Crippen molar-refractivity contribution in [3.63, 3.8) is 0 Å². The topological polar surface area (TPSA) is 26.0 Å². The van der Waals surface area contributed by atoms with Crippen molar-refractivity contribution in [1.82, 2.24) is 4.98 Å². The maximum Gasteiger partial charge on any atom is 0.134 e. The summed E-state index contributed by atoms with van der Waals surface area (Å²) in [5.74, 6) is 0. The number of aromatic nitrogens is 1. The molecular formula is C13H7Cl2NO. The van der Waals surface area contributed by atoms with Crippen molar-refractivity contribution in [3.8, 4) is 11.1 Å². The van der Waals surface area contributed by atoms with Crippen LogP contribution in [0.3, 0.4) is 0 Å². The van der Waals surface area contributed by atoms with Crippen molar-refractivity contribution < 1.29 is 4.42 Å². The van der Waals surface area contributed by atoms with E-state index < -0.39 is 0 Å². The zero-order chi connectivity index (χ0) is 11.8. The van der Waals surface area contributed by atoms with E-state index in [-0.39, 0.29) is 0 Å². The van der Waals surface area contributed by atoms with Crippen molar-refractivity contribution in [1.29, 1.82) is 0 Å². The summed E-state index contributed by atoms with van der Waals surface area (Å²) in [4.78, 5) is 3.92. The van der Waals surface area contributed by atoms with Gasteiger partial charge in [-0.2, -0.15) is 0 Å². The summed E-state index contributed by atoms with van der Waals surface area (Å²) in [5, 5.41) is 1.78. The molecule has 0 unspecified atom stereocenters. The third kappa shape index (κ3) is 1.90. The van der Waals surface area contributed by atoms with Crippen LogP contribution in [0, 0.1) is 0 Å². The third-order valence-corrected chi connectivity index (χ3v) is 2.94. The molecule has 0 saturated heterocycles. The number of hydrogen-bond donors (Lipinski definition) is 0. The largest absolute Gasteiger partial charge is 0.464 e. The minimum absolute atomic E-state index is 0.373. The summed E-state index contributed by atoms with van der Waals surface area (Å²) in [7, 11) is 0. The van der Waals surface area contributed by atoms with Crippen LogP contribution in [-0.4, -0.2) is 4.98 Å². The highest BCUT2D eigenvalue weighted by atomic mass is 35.5. The van der Waals surface area contributed by atoms with E-state index in [4.69, 9.17) is 27.6 Å². The molecular weight excluding hydrogens is 257 g/mol. The van der Waals surface area contributed by atoms with Crippen molar-refractivity contribution in [2.45, 2.75) is 0 Å². The molecule has 0 radical (unpaired) electrons. The van der Waals surface area contributed by atoms with E-state index in [1.54, 1.807) is 18.4 Å². The van der Waals surface area contributed by atoms with E-state index in [0.29, 0.717) is 10.3 Å². The van der Waals surface area contributed by atoms with Crippen LogP contribution >= 0.6 is 23.2 Å². The van der Waals surface area contributed by atoms with Gasteiger partial charge in [0.15, 0.2) is 0 Å². The zero-order valence-electron chi connectivity index (χ0n) is 8.65. The Bertz CT molecular complexity index is 670. The molecule has 3 rings (SSSR count). The van der Waals surface area contributed by atoms with Crippen molar-refractivity contribution in [2.24, 2.45) is 0 Å². The Hall–Kier alpha value is -1.51. The lowest BCUT2D eigenvalue weighted by Gasteiger charge is -2.00. The van der Waals surface area contributed by atoms with E-state index in [1.807, 2.05) is 24.3 Å². The average Bonchev–Trinajstić information content (AvgIpc) is 2.71. The first-order chi connectivity index (χ1) is 8.24. The van der Waals surface area contributed by atoms with Crippen LogP contribution in [0.4, 0.5) is 0 Å². The van der Waals surface area contributed by atoms with Gasteiger partial charge in [0, 0.05) is 10.9 Å². The molecule has 2 nitrogen and oxygen atoms in total. The first-order valence-corrected chi connectivity index (χ1v) is 5.79. The fraction of sp³-hybridized carbons (Fsp3) is 0. The highest BCUT2D eigenvalue weighted by molar-refractivity contribution is 6.33. The lowest BCUT2D eigenvalue weighted by atomic mass is 10.1. The van der Waals surface area contributed by atoms with Crippen molar-refractivity contribution >= 4 is 34.2 Å². The second-order valence-corrected chi connectivity index (χ2v) is 4.42. The number of pyridine rings is 1. The molecule has 0 aliphatic carbocycles. The van der Waals surface area contributed by atoms with E-state index >= 15 is 0 Å². The van der Waals surface area contributed by atoms with E-state index in [0.717, 1.165) is 22.1 Å². The molecule has 0 atom stereocenters. The van der Waals surface area contributed by atoms with Crippen LogP contribution in [0.25, 0.3) is 22.1 Å². The van der Waals surface area contributed by atoms with Gasteiger partial charge in [-0.15, -0.1) is 0 Å². The predicted octanol–water partition coefficient (Wildman–Crippen LogP) is 4.80. The van der Waals surface area contributed by atoms with Gasteiger partial charge >= 0.3 is 0 Å². The molecule has 4 heteroatoms. The van der Waals surface area contributed by atoms with Gasteiger partial charge in [0.25, 0.3) is 0 Å². The lowest BCUT2D eigenvalue weighted by molar-refractivity contribution is 0.617. The minimum atomic E-state index is 0.373. The van der Waals surface area contributed by atoms with Crippen molar-refractivity contribution in [2.75, 3.05) is 0 Å². The second-order valence-electron chi connectivity index (χ2n) is 3.65. The van der Waals surface area contributed by atoms with Gasteiger partial charge in [-0.05, 0) is 23.8 Å². The normalized spacial score (nSPS) is 10.9. The Morgan fingerprint density at radius 2 is 1.71 bits per heavy atom. The standard InChI is InChI=1S/C13H7Cl2NO/c14-12-5-8(6-13(15)16-12)10-7-17-11-4-2-1-3-9(10)11/h1-7H. The number of benzene rings is 1. The Kier molecular flexibility index (Phi) is 2.54. The van der Waals surface area contributed by atoms with Crippen LogP contribution in [0.5, 0.6) is 0 Å². The first-order valence-electron chi connectivity index (χ1n) is 5.04. The van der Waals surface area contributed by atoms with Crippen LogP contribution in [0.15, 0.2) is 47.1 Å². The molecule has 0 saturated carbocycles. The van der Waals surface area contributed by atoms with Crippen molar-refractivity contribution in [3.05, 3.63) is 53.0 Å². The number of halogens is 2. The second kappa shape index (κ2) is 4.06. The van der Waals surface area contributed by atoms with Gasteiger partial charge in [0.2, 0.25) is 0 Å². The fourth-order valence-electron chi connectivity index (χ4n) is 1.82. The number of furan rings is 1. The molecule has 0 bridgehead atoms. The number of rotatable bonds is 1. The molecule has 1 aromatic carbocycles. The maximum atomic E-state index is 5.89. The molecule has 84 valence electrons. The van der Waals surface area contributed by atoms with E-state index in [9.17, 15) is 0 Å². The monoisotopic (exact) mass is 263 g/mol. The van der Waals surface area contributed by atoms with Crippen LogP contribution in [0.2, 0.25) is 10.3 Å². The third-order valence-electron chi connectivity index (χ3n) is 2.55. The van der Waals surface area contributed by atoms with Crippen LogP contribution in [-0.2, 0) is 0 Å². The lowest BCUT2D eigenvalue weighted by Crippen LogP contribution is -1.81. The van der Waals surface area contributed by atoms with Gasteiger partial charge in [0.1, 0.15) is 15.9 Å². The predicted molar refractivity (Wildman–Crippen MR) is 69.5 cm³/mol. The molecule has 2 heterocycles. The van der Waals surface area contributed by atoms with E-state index in [1.165, 1.54) is 0 Å². The Morgan fingerprint density at radius 1 is 1.00 bits per heavy atom. The summed E-state index contributed by atoms with van der Waals surface area (Å²) < 4.78 is 5.48. The number of para-hydroxylation sites is 1. The van der Waals surface area contributed by atoms with Crippen LogP contribution in [0.1, 0.15) is 0 Å². The Balaban J connectivity index is 2.27. The summed E-state index contributed by atoms with van der Waals surface area (Å²) in [6.07, 6.45) is 1.70. The zero-order valence-corrected chi connectivity index (χ0v) is 10.2. The highest BCUT2D eigenvalue weighted by Crippen LogP contribution is 2.32. The SMILES string of the molecule is Clc1cc(-c2coc3ccccc23)cc(Cl)n1. The van der Waals surface area contributed by atoms with Gasteiger partial charge in [-0.25, -0.2) is 4.98 Å². The summed E-state index contributed by atoms with van der Waals surface area (Å²) in [6, 6.07) is 11.4. The molecule has 0 aliphatic heterocycles. The van der Waals surface area contributed by atoms with E-state index in [2.05, 4.69) is 4.98 Å². The molecule has 0 fully saturated rings. The Morgan fingerprint density at radius 3 is 2.47 bits per heavy atom. The summed E-state index contributed by atoms with van der Waals surface area (Å²) >= 11 is 11.8. The summed E-state index contributed by atoms with van der Waals surface area (Å²) in [6.45, 7) is 0. The molecule has 0 amide bonds. The average molecular weight is 264 g/mol. The fourth-order valence-corrected chi connectivity index (χ4v) is 2.28. The molecule has 0 N–H and O–H groups in total. The molecule has 2 aromatic heterocycles. The highest BCUT2D eigenvalue weighted by Gasteiger charge is 2.09. The molecule has 0 aliphatic rings.